The van der Waals surface area contributed by atoms with Crippen molar-refractivity contribution in [2.75, 3.05) is 20.3 Å². The van der Waals surface area contributed by atoms with Crippen molar-refractivity contribution in [2.24, 2.45) is 0 Å². The normalized spacial score (nSPS) is 12.0. The van der Waals surface area contributed by atoms with Crippen molar-refractivity contribution in [3.05, 3.63) is 59.9 Å². The third-order valence-electron chi connectivity index (χ3n) is 3.25. The molecule has 1 atom stereocenters. The molecule has 1 N–H and O–H groups in total. The lowest BCUT2D eigenvalue weighted by atomic mass is 10.1. The van der Waals surface area contributed by atoms with E-state index in [0.717, 1.165) is 17.1 Å². The second-order valence-corrected chi connectivity index (χ2v) is 4.75. The molecule has 2 aromatic rings. The monoisotopic (exact) mass is 289 g/mol. The van der Waals surface area contributed by atoms with E-state index in [0.29, 0.717) is 13.2 Å². The zero-order chi connectivity index (χ0) is 15.1. The van der Waals surface area contributed by atoms with Crippen molar-refractivity contribution in [1.82, 2.24) is 5.32 Å². The summed E-state index contributed by atoms with van der Waals surface area (Å²) >= 11 is 0. The topological polar surface area (TPSA) is 30.5 Å². The molecule has 3 nitrogen and oxygen atoms in total. The summed E-state index contributed by atoms with van der Waals surface area (Å²) in [4.78, 5) is 0. The predicted molar refractivity (Wildman–Crippen MR) is 81.3 cm³/mol. The van der Waals surface area contributed by atoms with Crippen LogP contribution in [0, 0.1) is 5.82 Å². The number of ether oxygens (including phenoxy) is 2. The molecule has 0 aliphatic carbocycles. The Labute approximate surface area is 124 Å². The number of hydrogen-bond acceptors (Lipinski definition) is 3. The average molecular weight is 289 g/mol. The number of halogens is 1. The van der Waals surface area contributed by atoms with Crippen molar-refractivity contribution in [3.63, 3.8) is 0 Å². The summed E-state index contributed by atoms with van der Waals surface area (Å²) in [7, 11) is 1.64. The van der Waals surface area contributed by atoms with Crippen LogP contribution in [0.5, 0.6) is 11.5 Å². The standard InChI is InChI=1S/C17H20FNO2/c1-13(14-3-5-15(18)6-4-14)19-11-12-21-17-9-7-16(20-2)8-10-17/h3-10,13,19H,11-12H2,1-2H3/t13-/m0/s1. The fourth-order valence-corrected chi connectivity index (χ4v) is 1.99. The minimum absolute atomic E-state index is 0.157. The van der Waals surface area contributed by atoms with Gasteiger partial charge in [0.05, 0.1) is 7.11 Å². The van der Waals surface area contributed by atoms with Crippen LogP contribution in [0.2, 0.25) is 0 Å². The van der Waals surface area contributed by atoms with Gasteiger partial charge in [0.1, 0.15) is 23.9 Å². The molecule has 0 aliphatic rings. The minimum Gasteiger partial charge on any atom is -0.497 e. The molecule has 0 heterocycles. The van der Waals surface area contributed by atoms with E-state index in [2.05, 4.69) is 5.32 Å². The molecule has 0 amide bonds. The second-order valence-electron chi connectivity index (χ2n) is 4.75. The number of hydrogen-bond donors (Lipinski definition) is 1. The van der Waals surface area contributed by atoms with Gasteiger partial charge >= 0.3 is 0 Å². The fraction of sp³-hybridized carbons (Fsp3) is 0.294. The Morgan fingerprint density at radius 3 is 2.24 bits per heavy atom. The first-order chi connectivity index (χ1) is 10.2. The Morgan fingerprint density at radius 2 is 1.62 bits per heavy atom. The molecule has 0 aliphatic heterocycles. The van der Waals surface area contributed by atoms with E-state index in [1.54, 1.807) is 19.2 Å². The Kier molecular flexibility index (Phi) is 5.58. The Hall–Kier alpha value is -2.07. The van der Waals surface area contributed by atoms with Crippen LogP contribution in [0.4, 0.5) is 4.39 Å². The largest absolute Gasteiger partial charge is 0.497 e. The maximum atomic E-state index is 12.8. The van der Waals surface area contributed by atoms with E-state index in [9.17, 15) is 4.39 Å². The molecular formula is C17H20FNO2. The third kappa shape index (κ3) is 4.76. The van der Waals surface area contributed by atoms with E-state index < -0.39 is 0 Å². The Morgan fingerprint density at radius 1 is 1.00 bits per heavy atom. The molecule has 0 unspecified atom stereocenters. The van der Waals surface area contributed by atoms with Crippen LogP contribution >= 0.6 is 0 Å². The molecule has 0 radical (unpaired) electrons. The summed E-state index contributed by atoms with van der Waals surface area (Å²) in [5.41, 5.74) is 1.06. The Balaban J connectivity index is 1.72. The van der Waals surface area contributed by atoms with Gasteiger partial charge in [0, 0.05) is 12.6 Å². The fourth-order valence-electron chi connectivity index (χ4n) is 1.99. The van der Waals surface area contributed by atoms with Gasteiger partial charge in [-0.3, -0.25) is 0 Å². The summed E-state index contributed by atoms with van der Waals surface area (Å²) < 4.78 is 23.6. The first kappa shape index (κ1) is 15.3. The summed E-state index contributed by atoms with van der Waals surface area (Å²) in [6, 6.07) is 14.2. The van der Waals surface area contributed by atoms with Crippen LogP contribution in [-0.4, -0.2) is 20.3 Å². The highest BCUT2D eigenvalue weighted by atomic mass is 19.1. The molecule has 0 saturated heterocycles. The molecule has 0 bridgehead atoms. The second kappa shape index (κ2) is 7.64. The van der Waals surface area contributed by atoms with E-state index in [4.69, 9.17) is 9.47 Å². The summed E-state index contributed by atoms with van der Waals surface area (Å²) in [5, 5.41) is 3.34. The highest BCUT2D eigenvalue weighted by Gasteiger charge is 2.04. The first-order valence-electron chi connectivity index (χ1n) is 6.95. The first-order valence-corrected chi connectivity index (χ1v) is 6.95. The van der Waals surface area contributed by atoms with Crippen LogP contribution in [0.25, 0.3) is 0 Å². The molecular weight excluding hydrogens is 269 g/mol. The van der Waals surface area contributed by atoms with Gasteiger partial charge in [-0.15, -0.1) is 0 Å². The lowest BCUT2D eigenvalue weighted by Crippen LogP contribution is -2.24. The number of benzene rings is 2. The van der Waals surface area contributed by atoms with Crippen LogP contribution in [-0.2, 0) is 0 Å². The molecule has 21 heavy (non-hydrogen) atoms. The van der Waals surface area contributed by atoms with Crippen LogP contribution in [0.3, 0.4) is 0 Å². The zero-order valence-electron chi connectivity index (χ0n) is 12.3. The molecule has 112 valence electrons. The third-order valence-corrected chi connectivity index (χ3v) is 3.25. The smallest absolute Gasteiger partial charge is 0.123 e. The van der Waals surface area contributed by atoms with Gasteiger partial charge in [0.15, 0.2) is 0 Å². The van der Waals surface area contributed by atoms with Crippen molar-refractivity contribution in [1.29, 1.82) is 0 Å². The van der Waals surface area contributed by atoms with Gasteiger partial charge in [-0.25, -0.2) is 4.39 Å². The SMILES string of the molecule is COc1ccc(OCCN[C@@H](C)c2ccc(F)cc2)cc1. The Bertz CT molecular complexity index is 540. The quantitative estimate of drug-likeness (QED) is 0.791. The highest BCUT2D eigenvalue weighted by molar-refractivity contribution is 5.31. The van der Waals surface area contributed by atoms with E-state index >= 15 is 0 Å². The molecule has 4 heteroatoms. The summed E-state index contributed by atoms with van der Waals surface area (Å²) in [5.74, 6) is 1.41. The predicted octanol–water partition coefficient (Wildman–Crippen LogP) is 3.56. The van der Waals surface area contributed by atoms with Gasteiger partial charge in [0.2, 0.25) is 0 Å². The van der Waals surface area contributed by atoms with Crippen LogP contribution in [0.1, 0.15) is 18.5 Å². The van der Waals surface area contributed by atoms with Crippen molar-refractivity contribution in [2.45, 2.75) is 13.0 Å². The molecule has 0 fully saturated rings. The van der Waals surface area contributed by atoms with E-state index in [-0.39, 0.29) is 11.9 Å². The van der Waals surface area contributed by atoms with Gasteiger partial charge in [-0.05, 0) is 48.9 Å². The molecule has 0 aromatic heterocycles. The van der Waals surface area contributed by atoms with E-state index in [1.165, 1.54) is 12.1 Å². The summed E-state index contributed by atoms with van der Waals surface area (Å²) in [6.07, 6.45) is 0. The molecule has 2 rings (SSSR count). The zero-order valence-corrected chi connectivity index (χ0v) is 12.3. The number of nitrogens with one attached hydrogen (secondary N) is 1. The van der Waals surface area contributed by atoms with Crippen LogP contribution < -0.4 is 14.8 Å². The molecule has 0 saturated carbocycles. The average Bonchev–Trinajstić information content (AvgIpc) is 2.52. The summed E-state index contributed by atoms with van der Waals surface area (Å²) in [6.45, 7) is 3.32. The highest BCUT2D eigenvalue weighted by Crippen LogP contribution is 2.17. The van der Waals surface area contributed by atoms with Gasteiger partial charge in [-0.1, -0.05) is 12.1 Å². The van der Waals surface area contributed by atoms with Gasteiger partial charge < -0.3 is 14.8 Å². The van der Waals surface area contributed by atoms with Crippen molar-refractivity contribution >= 4 is 0 Å². The minimum atomic E-state index is -0.214. The van der Waals surface area contributed by atoms with E-state index in [1.807, 2.05) is 31.2 Å². The molecule has 0 spiro atoms. The number of rotatable bonds is 7. The maximum Gasteiger partial charge on any atom is 0.123 e. The lowest BCUT2D eigenvalue weighted by molar-refractivity contribution is 0.307. The van der Waals surface area contributed by atoms with Crippen molar-refractivity contribution < 1.29 is 13.9 Å². The van der Waals surface area contributed by atoms with Crippen molar-refractivity contribution in [3.8, 4) is 11.5 Å². The molecule has 2 aromatic carbocycles. The van der Waals surface area contributed by atoms with Crippen LogP contribution in [0.15, 0.2) is 48.5 Å². The number of methoxy groups -OCH3 is 1. The maximum absolute atomic E-state index is 12.8. The van der Waals surface area contributed by atoms with Gasteiger partial charge in [0.25, 0.3) is 0 Å². The lowest BCUT2D eigenvalue weighted by Gasteiger charge is -2.14. The van der Waals surface area contributed by atoms with Gasteiger partial charge in [-0.2, -0.15) is 0 Å².